The number of nitrogens with one attached hydrogen (secondary N) is 1. The fraction of sp³-hybridized carbons (Fsp3) is 0.133. The average molecular weight is 546 g/mol. The molecule has 4 aromatic rings. The van der Waals surface area contributed by atoms with Gasteiger partial charge in [0.2, 0.25) is 5.91 Å². The molecule has 1 aliphatic rings. The lowest BCUT2D eigenvalue weighted by molar-refractivity contribution is -0.111. The van der Waals surface area contributed by atoms with Crippen LogP contribution in [-0.4, -0.2) is 42.9 Å². The van der Waals surface area contributed by atoms with Gasteiger partial charge in [0.25, 0.3) is 5.91 Å². The molecule has 3 aromatic carbocycles. The number of para-hydroxylation sites is 2. The number of hydrogen-bond acceptors (Lipinski definition) is 4. The zero-order valence-electron chi connectivity index (χ0n) is 20.4. The molecule has 0 aliphatic carbocycles. The predicted octanol–water partition coefficient (Wildman–Crippen LogP) is 6.87. The lowest BCUT2D eigenvalue weighted by atomic mass is 10.1. The first-order valence-electron chi connectivity index (χ1n) is 12.2. The number of carbonyl (C=O) groups is 2. The van der Waals surface area contributed by atoms with Gasteiger partial charge in [-0.1, -0.05) is 59.6 Å². The van der Waals surface area contributed by atoms with Crippen molar-refractivity contribution in [3.63, 3.8) is 0 Å². The van der Waals surface area contributed by atoms with E-state index in [2.05, 4.69) is 10.2 Å². The number of halogens is 2. The van der Waals surface area contributed by atoms with Crippen molar-refractivity contribution < 1.29 is 14.0 Å². The van der Waals surface area contributed by atoms with Crippen LogP contribution in [0.15, 0.2) is 95.4 Å². The minimum absolute atomic E-state index is 0.0377. The molecular formula is C30H25Cl2N3O3. The summed E-state index contributed by atoms with van der Waals surface area (Å²) in [6.45, 7) is 2.55. The van der Waals surface area contributed by atoms with Crippen molar-refractivity contribution >= 4 is 52.5 Å². The van der Waals surface area contributed by atoms with Crippen LogP contribution in [-0.2, 0) is 4.79 Å². The Labute approximate surface area is 231 Å². The van der Waals surface area contributed by atoms with Gasteiger partial charge in [-0.25, -0.2) is 0 Å². The van der Waals surface area contributed by atoms with E-state index in [9.17, 15) is 9.59 Å². The number of nitrogens with zero attached hydrogens (tertiary/aromatic N) is 2. The Morgan fingerprint density at radius 1 is 0.816 bits per heavy atom. The molecule has 1 aliphatic heterocycles. The van der Waals surface area contributed by atoms with E-state index < -0.39 is 0 Å². The highest BCUT2D eigenvalue weighted by Crippen LogP contribution is 2.34. The van der Waals surface area contributed by atoms with E-state index >= 15 is 0 Å². The summed E-state index contributed by atoms with van der Waals surface area (Å²) in [6.07, 6.45) is 3.03. The molecule has 0 saturated carbocycles. The monoisotopic (exact) mass is 545 g/mol. The second-order valence-electron chi connectivity index (χ2n) is 8.79. The zero-order chi connectivity index (χ0) is 26.5. The Bertz CT molecular complexity index is 1480. The molecule has 2 heterocycles. The molecule has 0 atom stereocenters. The largest absolute Gasteiger partial charge is 0.457 e. The predicted molar refractivity (Wildman–Crippen MR) is 153 cm³/mol. The number of amides is 2. The Morgan fingerprint density at radius 2 is 1.55 bits per heavy atom. The van der Waals surface area contributed by atoms with Gasteiger partial charge in [0.15, 0.2) is 0 Å². The normalized spacial score (nSPS) is 13.6. The molecule has 0 spiro atoms. The van der Waals surface area contributed by atoms with Crippen LogP contribution in [0, 0.1) is 0 Å². The molecule has 1 N–H and O–H groups in total. The van der Waals surface area contributed by atoms with Crippen molar-refractivity contribution in [3.8, 4) is 11.3 Å². The third-order valence-electron chi connectivity index (χ3n) is 6.33. The van der Waals surface area contributed by atoms with E-state index in [1.54, 1.807) is 30.3 Å². The van der Waals surface area contributed by atoms with E-state index in [1.807, 2.05) is 65.6 Å². The fourth-order valence-electron chi connectivity index (χ4n) is 4.38. The maximum atomic E-state index is 12.8. The number of hydrogen-bond donors (Lipinski definition) is 1. The van der Waals surface area contributed by atoms with Gasteiger partial charge in [0.05, 0.1) is 21.4 Å². The maximum Gasteiger partial charge on any atom is 0.253 e. The second-order valence-corrected chi connectivity index (χ2v) is 9.57. The molecule has 5 rings (SSSR count). The molecule has 8 heteroatoms. The standard InChI is InChI=1S/C30H25Cl2N3O3/c31-24-10-6-9-23(29(24)32)27-15-13-22(38-27)14-16-28(36)33-25-11-4-5-12-26(25)34-17-19-35(20-18-34)30(37)21-7-2-1-3-8-21/h1-16H,17-20H2,(H,33,36). The number of furan rings is 1. The summed E-state index contributed by atoms with van der Waals surface area (Å²) in [5.74, 6) is 0.830. The van der Waals surface area contributed by atoms with E-state index in [1.165, 1.54) is 6.08 Å². The smallest absolute Gasteiger partial charge is 0.253 e. The van der Waals surface area contributed by atoms with Crippen molar-refractivity contribution in [2.75, 3.05) is 36.4 Å². The van der Waals surface area contributed by atoms with Crippen LogP contribution in [0.2, 0.25) is 10.0 Å². The van der Waals surface area contributed by atoms with Crippen LogP contribution in [0.4, 0.5) is 11.4 Å². The summed E-state index contributed by atoms with van der Waals surface area (Å²) in [7, 11) is 0. The van der Waals surface area contributed by atoms with E-state index in [-0.39, 0.29) is 11.8 Å². The molecule has 0 bridgehead atoms. The lowest BCUT2D eigenvalue weighted by Gasteiger charge is -2.37. The summed E-state index contributed by atoms with van der Waals surface area (Å²) in [6, 6.07) is 25.9. The molecule has 1 saturated heterocycles. The van der Waals surface area contributed by atoms with Gasteiger partial charge in [-0.3, -0.25) is 9.59 Å². The molecular weight excluding hydrogens is 521 g/mol. The first kappa shape index (κ1) is 25.6. The molecule has 0 unspecified atom stereocenters. The molecule has 38 heavy (non-hydrogen) atoms. The molecule has 1 aromatic heterocycles. The van der Waals surface area contributed by atoms with Gasteiger partial charge in [-0.15, -0.1) is 0 Å². The van der Waals surface area contributed by atoms with Crippen molar-refractivity contribution in [1.82, 2.24) is 4.90 Å². The zero-order valence-corrected chi connectivity index (χ0v) is 22.0. The molecule has 1 fully saturated rings. The summed E-state index contributed by atoms with van der Waals surface area (Å²) in [5.41, 5.74) is 3.00. The first-order valence-corrected chi connectivity index (χ1v) is 13.0. The Balaban J connectivity index is 1.22. The number of rotatable bonds is 6. The Morgan fingerprint density at radius 3 is 2.34 bits per heavy atom. The Hall–Kier alpha value is -4.00. The summed E-state index contributed by atoms with van der Waals surface area (Å²) in [4.78, 5) is 29.6. The van der Waals surface area contributed by atoms with Gasteiger partial charge >= 0.3 is 0 Å². The lowest BCUT2D eigenvalue weighted by Crippen LogP contribution is -2.49. The number of benzene rings is 3. The van der Waals surface area contributed by atoms with Crippen molar-refractivity contribution in [1.29, 1.82) is 0 Å². The fourth-order valence-corrected chi connectivity index (χ4v) is 4.78. The quantitative estimate of drug-likeness (QED) is 0.268. The van der Waals surface area contributed by atoms with E-state index in [0.29, 0.717) is 64.6 Å². The van der Waals surface area contributed by atoms with Gasteiger partial charge in [0.1, 0.15) is 11.5 Å². The first-order chi connectivity index (χ1) is 18.5. The summed E-state index contributed by atoms with van der Waals surface area (Å²) in [5, 5.41) is 3.82. The minimum Gasteiger partial charge on any atom is -0.457 e. The number of carbonyl (C=O) groups excluding carboxylic acids is 2. The topological polar surface area (TPSA) is 65.8 Å². The van der Waals surface area contributed by atoms with Crippen molar-refractivity contribution in [2.24, 2.45) is 0 Å². The van der Waals surface area contributed by atoms with Crippen LogP contribution in [0.25, 0.3) is 17.4 Å². The van der Waals surface area contributed by atoms with Crippen molar-refractivity contribution in [3.05, 3.63) is 112 Å². The molecule has 192 valence electrons. The summed E-state index contributed by atoms with van der Waals surface area (Å²) >= 11 is 12.4. The van der Waals surface area contributed by atoms with Crippen LogP contribution >= 0.6 is 23.2 Å². The molecule has 0 radical (unpaired) electrons. The van der Waals surface area contributed by atoms with Crippen LogP contribution in [0.3, 0.4) is 0 Å². The van der Waals surface area contributed by atoms with Gasteiger partial charge in [-0.2, -0.15) is 0 Å². The highest BCUT2D eigenvalue weighted by Gasteiger charge is 2.23. The van der Waals surface area contributed by atoms with E-state index in [0.717, 1.165) is 5.69 Å². The third-order valence-corrected chi connectivity index (χ3v) is 7.15. The highest BCUT2D eigenvalue weighted by atomic mass is 35.5. The highest BCUT2D eigenvalue weighted by molar-refractivity contribution is 6.43. The Kier molecular flexibility index (Phi) is 7.82. The number of piperazine rings is 1. The van der Waals surface area contributed by atoms with Crippen LogP contribution in [0.1, 0.15) is 16.1 Å². The van der Waals surface area contributed by atoms with Crippen LogP contribution < -0.4 is 10.2 Å². The van der Waals surface area contributed by atoms with E-state index in [4.69, 9.17) is 27.6 Å². The average Bonchev–Trinajstić information content (AvgIpc) is 3.43. The van der Waals surface area contributed by atoms with Gasteiger partial charge in [0, 0.05) is 43.4 Å². The minimum atomic E-state index is -0.283. The van der Waals surface area contributed by atoms with Gasteiger partial charge in [-0.05, 0) is 54.6 Å². The third kappa shape index (κ3) is 5.77. The van der Waals surface area contributed by atoms with Gasteiger partial charge < -0.3 is 19.5 Å². The maximum absolute atomic E-state index is 12.8. The molecule has 6 nitrogen and oxygen atoms in total. The summed E-state index contributed by atoms with van der Waals surface area (Å²) < 4.78 is 5.84. The van der Waals surface area contributed by atoms with Crippen molar-refractivity contribution in [2.45, 2.75) is 0 Å². The SMILES string of the molecule is O=C(C=Cc1ccc(-c2cccc(Cl)c2Cl)o1)Nc1ccccc1N1CCN(C(=O)c2ccccc2)CC1. The number of anilines is 2. The van der Waals surface area contributed by atoms with Crippen LogP contribution in [0.5, 0.6) is 0 Å². The second kappa shape index (κ2) is 11.6. The molecule has 2 amide bonds.